The quantitative estimate of drug-likeness (QED) is 0.711. The molecule has 1 fully saturated rings. The molecule has 0 amide bonds. The molecule has 1 unspecified atom stereocenters. The molecule has 0 N–H and O–H groups in total. The summed E-state index contributed by atoms with van der Waals surface area (Å²) in [4.78, 5) is 2.69. The van der Waals surface area contributed by atoms with Crippen LogP contribution in [0.2, 0.25) is 0 Å². The zero-order chi connectivity index (χ0) is 17.9. The van der Waals surface area contributed by atoms with Crippen LogP contribution in [-0.2, 0) is 16.6 Å². The van der Waals surface area contributed by atoms with E-state index in [9.17, 15) is 8.42 Å². The van der Waals surface area contributed by atoms with Gasteiger partial charge in [-0.3, -0.25) is 4.90 Å². The predicted molar refractivity (Wildman–Crippen MR) is 104 cm³/mol. The fourth-order valence-corrected chi connectivity index (χ4v) is 5.32. The Morgan fingerprint density at radius 1 is 1.12 bits per heavy atom. The highest BCUT2D eigenvalue weighted by Crippen LogP contribution is 2.25. The topological polar surface area (TPSA) is 40.6 Å². The first-order valence-corrected chi connectivity index (χ1v) is 10.8. The summed E-state index contributed by atoms with van der Waals surface area (Å²) >= 11 is 3.36. The summed E-state index contributed by atoms with van der Waals surface area (Å²) in [6, 6.07) is 17.2. The van der Waals surface area contributed by atoms with E-state index >= 15 is 0 Å². The van der Waals surface area contributed by atoms with Crippen molar-refractivity contribution in [3.05, 3.63) is 64.6 Å². The number of rotatable bonds is 6. The lowest BCUT2D eigenvalue weighted by Gasteiger charge is -2.27. The minimum Gasteiger partial charge on any atom is -0.297 e. The normalized spacial score (nSPS) is 18.8. The Kier molecular flexibility index (Phi) is 5.94. The number of likely N-dealkylation sites (N-methyl/N-ethyl adjacent to an activating group) is 1. The average molecular weight is 423 g/mol. The minimum absolute atomic E-state index is 0.0300. The number of benzene rings is 2. The van der Waals surface area contributed by atoms with Crippen molar-refractivity contribution >= 4 is 26.0 Å². The van der Waals surface area contributed by atoms with Crippen LogP contribution in [0, 0.1) is 0 Å². The van der Waals surface area contributed by atoms with E-state index in [1.54, 1.807) is 28.6 Å². The summed E-state index contributed by atoms with van der Waals surface area (Å²) in [7, 11) is -3.46. The van der Waals surface area contributed by atoms with Gasteiger partial charge in [0.15, 0.2) is 0 Å². The Morgan fingerprint density at radius 2 is 1.80 bits per heavy atom. The number of likely N-dealkylation sites (tertiary alicyclic amines) is 1. The van der Waals surface area contributed by atoms with Crippen LogP contribution >= 0.6 is 15.9 Å². The lowest BCUT2D eigenvalue weighted by Crippen LogP contribution is -2.41. The molecule has 6 heteroatoms. The van der Waals surface area contributed by atoms with E-state index in [1.807, 2.05) is 25.1 Å². The van der Waals surface area contributed by atoms with Crippen molar-refractivity contribution < 1.29 is 8.42 Å². The highest BCUT2D eigenvalue weighted by molar-refractivity contribution is 9.10. The van der Waals surface area contributed by atoms with Crippen molar-refractivity contribution in [1.29, 1.82) is 0 Å². The molecule has 1 atom stereocenters. The van der Waals surface area contributed by atoms with Crippen molar-refractivity contribution in [2.75, 3.05) is 19.6 Å². The SMILES string of the molecule is CCN(C1CCN(Cc2ccccc2)C1)S(=O)(=O)c1ccc(Br)cc1. The van der Waals surface area contributed by atoms with Gasteiger partial charge in [0.1, 0.15) is 0 Å². The second kappa shape index (κ2) is 7.99. The molecule has 1 aliphatic rings. The van der Waals surface area contributed by atoms with E-state index in [-0.39, 0.29) is 6.04 Å². The summed E-state index contributed by atoms with van der Waals surface area (Å²) in [5, 5.41) is 0. The second-order valence-corrected chi connectivity index (χ2v) is 9.13. The molecule has 0 saturated carbocycles. The zero-order valence-electron chi connectivity index (χ0n) is 14.3. The fraction of sp³-hybridized carbons (Fsp3) is 0.368. The van der Waals surface area contributed by atoms with Gasteiger partial charge >= 0.3 is 0 Å². The van der Waals surface area contributed by atoms with Crippen LogP contribution in [0.15, 0.2) is 64.0 Å². The summed E-state index contributed by atoms with van der Waals surface area (Å²) in [5.74, 6) is 0. The van der Waals surface area contributed by atoms with Crippen molar-refractivity contribution in [3.63, 3.8) is 0 Å². The second-order valence-electron chi connectivity index (χ2n) is 6.33. The van der Waals surface area contributed by atoms with Crippen LogP contribution in [0.25, 0.3) is 0 Å². The first kappa shape index (κ1) is 18.6. The van der Waals surface area contributed by atoms with E-state index in [4.69, 9.17) is 0 Å². The standard InChI is InChI=1S/C19H23BrN2O2S/c1-2-22(25(23,24)19-10-8-17(20)9-11-19)18-12-13-21(15-18)14-16-6-4-3-5-7-16/h3-11,18H,2,12-15H2,1H3. The Morgan fingerprint density at radius 3 is 2.44 bits per heavy atom. The summed E-state index contributed by atoms with van der Waals surface area (Å²) in [5.41, 5.74) is 1.27. The molecule has 0 aromatic heterocycles. The van der Waals surface area contributed by atoms with Crippen molar-refractivity contribution in [2.24, 2.45) is 0 Å². The maximum absolute atomic E-state index is 13.0. The molecule has 25 heavy (non-hydrogen) atoms. The van der Waals surface area contributed by atoms with Gasteiger partial charge in [0.2, 0.25) is 10.0 Å². The molecule has 134 valence electrons. The Hall–Kier alpha value is -1.21. The number of nitrogens with zero attached hydrogens (tertiary/aromatic N) is 2. The summed E-state index contributed by atoms with van der Waals surface area (Å²) in [6.07, 6.45) is 0.871. The number of halogens is 1. The molecule has 0 bridgehead atoms. The third kappa shape index (κ3) is 4.31. The first-order valence-electron chi connectivity index (χ1n) is 8.54. The average Bonchev–Trinajstić information content (AvgIpc) is 3.04. The van der Waals surface area contributed by atoms with Gasteiger partial charge in [-0.1, -0.05) is 53.2 Å². The smallest absolute Gasteiger partial charge is 0.243 e. The van der Waals surface area contributed by atoms with Crippen molar-refractivity contribution in [1.82, 2.24) is 9.21 Å². The maximum Gasteiger partial charge on any atom is 0.243 e. The molecule has 2 aromatic rings. The van der Waals surface area contributed by atoms with Gasteiger partial charge in [0.25, 0.3) is 0 Å². The lowest BCUT2D eigenvalue weighted by atomic mass is 10.2. The molecular formula is C19H23BrN2O2S. The van der Waals surface area contributed by atoms with Gasteiger partial charge in [-0.2, -0.15) is 4.31 Å². The van der Waals surface area contributed by atoms with Gasteiger partial charge in [-0.05, 0) is 36.2 Å². The highest BCUT2D eigenvalue weighted by Gasteiger charge is 2.34. The Bertz CT molecular complexity index is 794. The van der Waals surface area contributed by atoms with Gasteiger partial charge in [0, 0.05) is 36.7 Å². The number of hydrogen-bond donors (Lipinski definition) is 0. The van der Waals surface area contributed by atoms with E-state index < -0.39 is 10.0 Å². The van der Waals surface area contributed by atoms with E-state index in [1.165, 1.54) is 5.56 Å². The van der Waals surface area contributed by atoms with Gasteiger partial charge < -0.3 is 0 Å². The van der Waals surface area contributed by atoms with E-state index in [2.05, 4.69) is 33.0 Å². The molecule has 3 rings (SSSR count). The molecule has 0 radical (unpaired) electrons. The lowest BCUT2D eigenvalue weighted by molar-refractivity contribution is 0.285. The Labute approximate surface area is 158 Å². The minimum atomic E-state index is -3.46. The largest absolute Gasteiger partial charge is 0.297 e. The summed E-state index contributed by atoms with van der Waals surface area (Å²) < 4.78 is 28.6. The molecule has 4 nitrogen and oxygen atoms in total. The molecule has 2 aromatic carbocycles. The van der Waals surface area contributed by atoms with Gasteiger partial charge in [-0.15, -0.1) is 0 Å². The number of hydrogen-bond acceptors (Lipinski definition) is 3. The third-order valence-corrected chi connectivity index (χ3v) is 7.21. The van der Waals surface area contributed by atoms with Gasteiger partial charge in [-0.25, -0.2) is 8.42 Å². The van der Waals surface area contributed by atoms with Crippen LogP contribution < -0.4 is 0 Å². The van der Waals surface area contributed by atoms with E-state index in [0.29, 0.717) is 11.4 Å². The van der Waals surface area contributed by atoms with Crippen LogP contribution in [0.3, 0.4) is 0 Å². The van der Waals surface area contributed by atoms with E-state index in [0.717, 1.165) is 30.5 Å². The fourth-order valence-electron chi connectivity index (χ4n) is 3.40. The van der Waals surface area contributed by atoms with Crippen LogP contribution in [0.1, 0.15) is 18.9 Å². The van der Waals surface area contributed by atoms with Crippen LogP contribution in [-0.4, -0.2) is 43.3 Å². The van der Waals surface area contributed by atoms with Gasteiger partial charge in [0.05, 0.1) is 4.90 Å². The first-order chi connectivity index (χ1) is 12.0. The predicted octanol–water partition coefficient (Wildman–Crippen LogP) is 3.73. The van der Waals surface area contributed by atoms with Crippen LogP contribution in [0.4, 0.5) is 0 Å². The Balaban J connectivity index is 1.72. The van der Waals surface area contributed by atoms with Crippen LogP contribution in [0.5, 0.6) is 0 Å². The molecule has 0 spiro atoms. The molecule has 1 saturated heterocycles. The molecule has 1 aliphatic heterocycles. The molecule has 1 heterocycles. The van der Waals surface area contributed by atoms with Crippen molar-refractivity contribution in [3.8, 4) is 0 Å². The monoisotopic (exact) mass is 422 g/mol. The highest BCUT2D eigenvalue weighted by atomic mass is 79.9. The third-order valence-electron chi connectivity index (χ3n) is 4.64. The molecule has 0 aliphatic carbocycles. The number of sulfonamides is 1. The maximum atomic E-state index is 13.0. The summed E-state index contributed by atoms with van der Waals surface area (Å²) in [6.45, 7) is 4.97. The molecular weight excluding hydrogens is 400 g/mol. The van der Waals surface area contributed by atoms with Crippen molar-refractivity contribution in [2.45, 2.75) is 30.8 Å². The zero-order valence-corrected chi connectivity index (χ0v) is 16.7.